The molecular formula is C16H26ClN3O. The second-order valence-electron chi connectivity index (χ2n) is 5.57. The van der Waals surface area contributed by atoms with Crippen LogP contribution >= 0.6 is 11.6 Å². The molecule has 0 unspecified atom stereocenters. The highest BCUT2D eigenvalue weighted by atomic mass is 35.5. The maximum absolute atomic E-state index is 6.11. The molecule has 21 heavy (non-hydrogen) atoms. The normalized spacial score (nSPS) is 17.7. The fraction of sp³-hybridized carbons (Fsp3) is 0.625. The van der Waals surface area contributed by atoms with Gasteiger partial charge in [0, 0.05) is 30.2 Å². The third-order valence-electron chi connectivity index (χ3n) is 4.00. The smallest absolute Gasteiger partial charge is 0.123 e. The summed E-state index contributed by atoms with van der Waals surface area (Å²) < 4.78 is 5.44. The van der Waals surface area contributed by atoms with Crippen LogP contribution in [0, 0.1) is 0 Å². The van der Waals surface area contributed by atoms with Crippen molar-refractivity contribution in [2.75, 3.05) is 46.4 Å². The van der Waals surface area contributed by atoms with Crippen LogP contribution in [0.4, 0.5) is 0 Å². The Morgan fingerprint density at radius 3 is 2.71 bits per heavy atom. The predicted octanol–water partition coefficient (Wildman–Crippen LogP) is 2.21. The summed E-state index contributed by atoms with van der Waals surface area (Å²) >= 11 is 6.11. The maximum atomic E-state index is 6.11. The van der Waals surface area contributed by atoms with Gasteiger partial charge in [-0.2, -0.15) is 0 Å². The summed E-state index contributed by atoms with van der Waals surface area (Å²) in [5, 5.41) is 0.769. The van der Waals surface area contributed by atoms with Gasteiger partial charge >= 0.3 is 0 Å². The highest BCUT2D eigenvalue weighted by Gasteiger charge is 2.16. The van der Waals surface area contributed by atoms with Gasteiger partial charge in [-0.1, -0.05) is 11.6 Å². The first kappa shape index (κ1) is 16.6. The molecular weight excluding hydrogens is 286 g/mol. The minimum absolute atomic E-state index is 0.769. The molecule has 0 bridgehead atoms. The zero-order chi connectivity index (χ0) is 15.1. The van der Waals surface area contributed by atoms with Crippen molar-refractivity contribution < 1.29 is 4.74 Å². The summed E-state index contributed by atoms with van der Waals surface area (Å²) in [5.41, 5.74) is 6.76. The van der Waals surface area contributed by atoms with Gasteiger partial charge in [-0.3, -0.25) is 4.90 Å². The molecule has 118 valence electrons. The summed E-state index contributed by atoms with van der Waals surface area (Å²) in [6.07, 6.45) is 2.29. The quantitative estimate of drug-likeness (QED) is 0.874. The standard InChI is InChI=1S/C16H26ClN3O/c1-21-16-5-4-15(17)12-14(16)13-20-9-3-8-19(10-11-20)7-2-6-18/h4-5,12H,2-3,6-11,13,18H2,1H3. The van der Waals surface area contributed by atoms with Crippen molar-refractivity contribution in [1.29, 1.82) is 0 Å². The molecule has 4 nitrogen and oxygen atoms in total. The first-order valence-electron chi connectivity index (χ1n) is 7.70. The van der Waals surface area contributed by atoms with Gasteiger partial charge in [0.15, 0.2) is 0 Å². The Morgan fingerprint density at radius 1 is 1.19 bits per heavy atom. The van der Waals surface area contributed by atoms with Crippen molar-refractivity contribution in [2.24, 2.45) is 5.73 Å². The Kier molecular flexibility index (Phi) is 6.77. The van der Waals surface area contributed by atoms with E-state index in [4.69, 9.17) is 22.1 Å². The number of hydrogen-bond acceptors (Lipinski definition) is 4. The molecule has 1 aliphatic rings. The molecule has 0 amide bonds. The molecule has 2 N–H and O–H groups in total. The number of hydrogen-bond donors (Lipinski definition) is 1. The Labute approximate surface area is 132 Å². The van der Waals surface area contributed by atoms with Crippen LogP contribution in [0.25, 0.3) is 0 Å². The molecule has 5 heteroatoms. The Bertz CT molecular complexity index is 442. The topological polar surface area (TPSA) is 41.7 Å². The van der Waals surface area contributed by atoms with E-state index in [9.17, 15) is 0 Å². The van der Waals surface area contributed by atoms with E-state index in [0.717, 1.165) is 56.5 Å². The van der Waals surface area contributed by atoms with E-state index in [1.807, 2.05) is 18.2 Å². The fourth-order valence-corrected chi connectivity index (χ4v) is 3.03. The SMILES string of the molecule is COc1ccc(Cl)cc1CN1CCCN(CCCN)CC1. The predicted molar refractivity (Wildman–Crippen MR) is 88.0 cm³/mol. The number of nitrogens with zero attached hydrogens (tertiary/aromatic N) is 2. The fourth-order valence-electron chi connectivity index (χ4n) is 2.83. The van der Waals surface area contributed by atoms with Crippen LogP contribution in [0.5, 0.6) is 5.75 Å². The number of benzene rings is 1. The van der Waals surface area contributed by atoms with Gasteiger partial charge in [-0.05, 0) is 57.2 Å². The number of nitrogens with two attached hydrogens (primary N) is 1. The number of ether oxygens (including phenoxy) is 1. The van der Waals surface area contributed by atoms with Crippen molar-refractivity contribution >= 4 is 11.6 Å². The zero-order valence-electron chi connectivity index (χ0n) is 12.9. The highest BCUT2D eigenvalue weighted by molar-refractivity contribution is 6.30. The minimum atomic E-state index is 0.769. The van der Waals surface area contributed by atoms with Gasteiger partial charge in [0.2, 0.25) is 0 Å². The van der Waals surface area contributed by atoms with Crippen LogP contribution in [-0.2, 0) is 6.54 Å². The van der Waals surface area contributed by atoms with Crippen LogP contribution < -0.4 is 10.5 Å². The third-order valence-corrected chi connectivity index (χ3v) is 4.23. The van der Waals surface area contributed by atoms with E-state index in [-0.39, 0.29) is 0 Å². The number of rotatable bonds is 6. The molecule has 1 aliphatic heterocycles. The lowest BCUT2D eigenvalue weighted by Gasteiger charge is -2.22. The summed E-state index contributed by atoms with van der Waals surface area (Å²) in [5.74, 6) is 0.920. The van der Waals surface area contributed by atoms with Gasteiger partial charge in [0.25, 0.3) is 0 Å². The van der Waals surface area contributed by atoms with Gasteiger partial charge in [-0.15, -0.1) is 0 Å². The lowest BCUT2D eigenvalue weighted by atomic mass is 10.2. The summed E-state index contributed by atoms with van der Waals surface area (Å²) in [7, 11) is 1.71. The number of methoxy groups -OCH3 is 1. The lowest BCUT2D eigenvalue weighted by molar-refractivity contribution is 0.248. The second-order valence-corrected chi connectivity index (χ2v) is 6.01. The molecule has 0 saturated carbocycles. The largest absolute Gasteiger partial charge is 0.496 e. The van der Waals surface area contributed by atoms with E-state index in [0.29, 0.717) is 0 Å². The van der Waals surface area contributed by atoms with Crippen LogP contribution in [-0.4, -0.2) is 56.2 Å². The average molecular weight is 312 g/mol. The molecule has 0 aliphatic carbocycles. The minimum Gasteiger partial charge on any atom is -0.496 e. The Balaban J connectivity index is 1.93. The third kappa shape index (κ3) is 5.15. The monoisotopic (exact) mass is 311 g/mol. The van der Waals surface area contributed by atoms with E-state index < -0.39 is 0 Å². The maximum Gasteiger partial charge on any atom is 0.123 e. The lowest BCUT2D eigenvalue weighted by Crippen LogP contribution is -2.31. The van der Waals surface area contributed by atoms with Crippen molar-refractivity contribution in [3.63, 3.8) is 0 Å². The Hall–Kier alpha value is -0.810. The van der Waals surface area contributed by atoms with Gasteiger partial charge in [0.1, 0.15) is 5.75 Å². The molecule has 1 fully saturated rings. The molecule has 0 atom stereocenters. The highest BCUT2D eigenvalue weighted by Crippen LogP contribution is 2.24. The van der Waals surface area contributed by atoms with Crippen LogP contribution in [0.1, 0.15) is 18.4 Å². The van der Waals surface area contributed by atoms with Gasteiger partial charge < -0.3 is 15.4 Å². The van der Waals surface area contributed by atoms with Crippen molar-refractivity contribution in [2.45, 2.75) is 19.4 Å². The molecule has 0 aromatic heterocycles. The molecule has 0 radical (unpaired) electrons. The molecule has 1 aromatic rings. The van der Waals surface area contributed by atoms with Crippen molar-refractivity contribution in [3.8, 4) is 5.75 Å². The molecule has 1 heterocycles. The summed E-state index contributed by atoms with van der Waals surface area (Å²) in [6, 6.07) is 5.83. The first-order valence-corrected chi connectivity index (χ1v) is 8.08. The second kappa shape index (κ2) is 8.59. The first-order chi connectivity index (χ1) is 10.2. The molecule has 1 saturated heterocycles. The summed E-state index contributed by atoms with van der Waals surface area (Å²) in [6.45, 7) is 7.28. The van der Waals surface area contributed by atoms with Crippen LogP contribution in [0.2, 0.25) is 5.02 Å². The van der Waals surface area contributed by atoms with Crippen molar-refractivity contribution in [3.05, 3.63) is 28.8 Å². The van der Waals surface area contributed by atoms with E-state index in [1.54, 1.807) is 7.11 Å². The number of halogens is 1. The average Bonchev–Trinajstić information content (AvgIpc) is 2.71. The van der Waals surface area contributed by atoms with Crippen molar-refractivity contribution in [1.82, 2.24) is 9.80 Å². The van der Waals surface area contributed by atoms with E-state index in [1.165, 1.54) is 18.5 Å². The van der Waals surface area contributed by atoms with Gasteiger partial charge in [-0.25, -0.2) is 0 Å². The van der Waals surface area contributed by atoms with Gasteiger partial charge in [0.05, 0.1) is 7.11 Å². The zero-order valence-corrected chi connectivity index (χ0v) is 13.6. The summed E-state index contributed by atoms with van der Waals surface area (Å²) in [4.78, 5) is 5.00. The van der Waals surface area contributed by atoms with E-state index >= 15 is 0 Å². The molecule has 1 aromatic carbocycles. The molecule has 0 spiro atoms. The molecule has 2 rings (SSSR count). The van der Waals surface area contributed by atoms with Crippen LogP contribution in [0.3, 0.4) is 0 Å². The Morgan fingerprint density at radius 2 is 1.95 bits per heavy atom. The van der Waals surface area contributed by atoms with E-state index in [2.05, 4.69) is 9.80 Å². The van der Waals surface area contributed by atoms with Crippen LogP contribution in [0.15, 0.2) is 18.2 Å².